The van der Waals surface area contributed by atoms with Gasteiger partial charge in [0, 0.05) is 6.42 Å². The fourth-order valence-corrected chi connectivity index (χ4v) is 3.53. The number of hydrogen-bond donors (Lipinski definition) is 0. The van der Waals surface area contributed by atoms with E-state index in [-0.39, 0.29) is 24.2 Å². The van der Waals surface area contributed by atoms with Gasteiger partial charge in [0.2, 0.25) is 0 Å². The van der Waals surface area contributed by atoms with Gasteiger partial charge >= 0.3 is 5.97 Å². The Labute approximate surface area is 179 Å². The zero-order valence-electron chi connectivity index (χ0n) is 16.5. The van der Waals surface area contributed by atoms with Crippen LogP contribution in [0.1, 0.15) is 37.4 Å². The Bertz CT molecular complexity index is 1150. The summed E-state index contributed by atoms with van der Waals surface area (Å²) in [7, 11) is 0. The van der Waals surface area contributed by atoms with Crippen molar-refractivity contribution in [2.45, 2.75) is 19.1 Å². The summed E-state index contributed by atoms with van der Waals surface area (Å²) < 4.78 is 5.48. The van der Waals surface area contributed by atoms with Crippen LogP contribution >= 0.6 is 0 Å². The smallest absolute Gasteiger partial charge is 0.330 e. The van der Waals surface area contributed by atoms with Crippen molar-refractivity contribution in [3.8, 4) is 6.07 Å². The first-order valence-electron chi connectivity index (χ1n) is 9.75. The third-order valence-corrected chi connectivity index (χ3v) is 5.15. The minimum atomic E-state index is -1.09. The van der Waals surface area contributed by atoms with E-state index in [4.69, 9.17) is 10.00 Å². The molecular weight excluding hydrogens is 392 g/mol. The van der Waals surface area contributed by atoms with E-state index in [9.17, 15) is 14.4 Å². The van der Waals surface area contributed by atoms with Crippen LogP contribution in [0, 0.1) is 11.3 Å². The maximum Gasteiger partial charge on any atom is 0.330 e. The van der Waals surface area contributed by atoms with E-state index in [2.05, 4.69) is 0 Å². The monoisotopic (exact) mass is 410 g/mol. The van der Waals surface area contributed by atoms with Gasteiger partial charge in [0.25, 0.3) is 11.8 Å². The molecule has 152 valence electrons. The number of carbonyl (C=O) groups excluding carboxylic acids is 3. The molecule has 0 saturated carbocycles. The number of rotatable bonds is 6. The van der Waals surface area contributed by atoms with Crippen LogP contribution in [0.15, 0.2) is 78.9 Å². The van der Waals surface area contributed by atoms with Crippen LogP contribution in [0.2, 0.25) is 0 Å². The predicted molar refractivity (Wildman–Crippen MR) is 112 cm³/mol. The summed E-state index contributed by atoms with van der Waals surface area (Å²) in [4.78, 5) is 40.0. The summed E-state index contributed by atoms with van der Waals surface area (Å²) in [6.07, 6.45) is 0.151. The molecule has 0 fully saturated rings. The summed E-state index contributed by atoms with van der Waals surface area (Å²) >= 11 is 0. The summed E-state index contributed by atoms with van der Waals surface area (Å²) in [5.74, 6) is -1.67. The first-order valence-corrected chi connectivity index (χ1v) is 9.75. The number of nitriles is 1. The van der Waals surface area contributed by atoms with Gasteiger partial charge in [0.05, 0.1) is 22.8 Å². The lowest BCUT2D eigenvalue weighted by molar-refractivity contribution is -0.149. The molecule has 0 aromatic heterocycles. The third kappa shape index (κ3) is 4.07. The molecule has 0 spiro atoms. The number of carbonyl (C=O) groups is 3. The average molecular weight is 410 g/mol. The largest absolute Gasteiger partial charge is 0.459 e. The Morgan fingerprint density at radius 2 is 1.42 bits per heavy atom. The second kappa shape index (κ2) is 8.64. The highest BCUT2D eigenvalue weighted by Gasteiger charge is 2.43. The zero-order chi connectivity index (χ0) is 21.8. The zero-order valence-corrected chi connectivity index (χ0v) is 16.5. The molecular formula is C25H18N2O4. The van der Waals surface area contributed by atoms with Gasteiger partial charge in [-0.3, -0.25) is 14.5 Å². The van der Waals surface area contributed by atoms with Crippen molar-refractivity contribution in [3.05, 3.63) is 107 Å². The van der Waals surface area contributed by atoms with E-state index in [1.165, 1.54) is 0 Å². The van der Waals surface area contributed by atoms with Gasteiger partial charge in [-0.1, -0.05) is 54.6 Å². The molecule has 4 rings (SSSR count). The lowest BCUT2D eigenvalue weighted by Gasteiger charge is -2.24. The summed E-state index contributed by atoms with van der Waals surface area (Å²) in [5, 5.41) is 8.90. The molecule has 0 N–H and O–H groups in total. The second-order valence-corrected chi connectivity index (χ2v) is 7.15. The van der Waals surface area contributed by atoms with Gasteiger partial charge in [0.15, 0.2) is 0 Å². The van der Waals surface area contributed by atoms with E-state index < -0.39 is 23.8 Å². The molecule has 3 aromatic carbocycles. The van der Waals surface area contributed by atoms with Crippen LogP contribution in [-0.4, -0.2) is 28.7 Å². The predicted octanol–water partition coefficient (Wildman–Crippen LogP) is 3.51. The number of fused-ring (bicyclic) bond motifs is 1. The molecule has 0 radical (unpaired) electrons. The highest BCUT2D eigenvalue weighted by atomic mass is 16.5. The van der Waals surface area contributed by atoms with Crippen LogP contribution in [0.3, 0.4) is 0 Å². The Kier molecular flexibility index (Phi) is 5.59. The lowest BCUT2D eigenvalue weighted by atomic mass is 10.0. The number of ether oxygens (including phenoxy) is 1. The molecule has 3 aromatic rings. The molecule has 31 heavy (non-hydrogen) atoms. The second-order valence-electron chi connectivity index (χ2n) is 7.15. The Morgan fingerprint density at radius 1 is 0.839 bits per heavy atom. The molecule has 1 aliphatic rings. The molecule has 1 aliphatic heterocycles. The first kappa shape index (κ1) is 20.0. The van der Waals surface area contributed by atoms with E-state index in [1.807, 2.05) is 36.4 Å². The summed E-state index contributed by atoms with van der Waals surface area (Å²) in [6, 6.07) is 23.3. The molecule has 1 atom stereocenters. The van der Waals surface area contributed by atoms with Crippen molar-refractivity contribution in [2.75, 3.05) is 0 Å². The van der Waals surface area contributed by atoms with Gasteiger partial charge in [0.1, 0.15) is 12.6 Å². The Balaban J connectivity index is 1.58. The van der Waals surface area contributed by atoms with Gasteiger partial charge in [-0.15, -0.1) is 0 Å². The highest BCUT2D eigenvalue weighted by molar-refractivity contribution is 6.22. The molecule has 1 heterocycles. The van der Waals surface area contributed by atoms with Crippen LogP contribution in [0.25, 0.3) is 0 Å². The number of amides is 2. The summed E-state index contributed by atoms with van der Waals surface area (Å²) in [6.45, 7) is -0.0288. The molecule has 0 unspecified atom stereocenters. The van der Waals surface area contributed by atoms with Crippen LogP contribution in [0.5, 0.6) is 0 Å². The van der Waals surface area contributed by atoms with Crippen molar-refractivity contribution in [1.29, 1.82) is 5.26 Å². The molecule has 2 amide bonds. The first-order chi connectivity index (χ1) is 15.1. The summed E-state index contributed by atoms with van der Waals surface area (Å²) in [5.41, 5.74) is 2.58. The minimum absolute atomic E-state index is 0.0288. The highest BCUT2D eigenvalue weighted by Crippen LogP contribution is 2.26. The minimum Gasteiger partial charge on any atom is -0.459 e. The van der Waals surface area contributed by atoms with Crippen molar-refractivity contribution in [1.82, 2.24) is 4.90 Å². The van der Waals surface area contributed by atoms with Gasteiger partial charge < -0.3 is 4.74 Å². The molecule has 0 aliphatic carbocycles. The fraction of sp³-hybridized carbons (Fsp3) is 0.120. The van der Waals surface area contributed by atoms with Crippen molar-refractivity contribution in [3.63, 3.8) is 0 Å². The van der Waals surface area contributed by atoms with Crippen LogP contribution in [-0.2, 0) is 22.6 Å². The van der Waals surface area contributed by atoms with Gasteiger partial charge in [-0.25, -0.2) is 4.79 Å². The molecule has 0 bridgehead atoms. The van der Waals surface area contributed by atoms with E-state index in [0.29, 0.717) is 11.1 Å². The standard InChI is InChI=1S/C25H18N2O4/c26-15-18-10-12-19(13-11-18)16-31-25(30)22(14-17-6-2-1-3-7-17)27-23(28)20-8-4-5-9-21(20)24(27)29/h1-13,22H,14,16H2/t22-/m0/s1. The molecule has 0 saturated heterocycles. The maximum absolute atomic E-state index is 13.1. The quantitative estimate of drug-likeness (QED) is 0.458. The van der Waals surface area contributed by atoms with Gasteiger partial charge in [-0.05, 0) is 35.4 Å². The van der Waals surface area contributed by atoms with E-state index in [0.717, 1.165) is 10.5 Å². The maximum atomic E-state index is 13.1. The number of benzene rings is 3. The van der Waals surface area contributed by atoms with E-state index >= 15 is 0 Å². The SMILES string of the molecule is N#Cc1ccc(COC(=O)[C@H](Cc2ccccc2)N2C(=O)c3ccccc3C2=O)cc1. The topological polar surface area (TPSA) is 87.5 Å². The number of esters is 1. The van der Waals surface area contributed by atoms with Crippen LogP contribution < -0.4 is 0 Å². The lowest BCUT2D eigenvalue weighted by Crippen LogP contribution is -2.47. The fourth-order valence-electron chi connectivity index (χ4n) is 3.53. The Hall–Kier alpha value is -4.24. The normalized spacial score (nSPS) is 13.5. The molecule has 6 heteroatoms. The number of hydrogen-bond acceptors (Lipinski definition) is 5. The van der Waals surface area contributed by atoms with Crippen molar-refractivity contribution in [2.24, 2.45) is 0 Å². The Morgan fingerprint density at radius 3 is 2.00 bits per heavy atom. The van der Waals surface area contributed by atoms with Crippen molar-refractivity contribution >= 4 is 17.8 Å². The molecule has 6 nitrogen and oxygen atoms in total. The average Bonchev–Trinajstić information content (AvgIpc) is 3.07. The number of nitrogens with zero attached hydrogens (tertiary/aromatic N) is 2. The van der Waals surface area contributed by atoms with Crippen molar-refractivity contribution < 1.29 is 19.1 Å². The van der Waals surface area contributed by atoms with Crippen LogP contribution in [0.4, 0.5) is 0 Å². The third-order valence-electron chi connectivity index (χ3n) is 5.15. The van der Waals surface area contributed by atoms with Gasteiger partial charge in [-0.2, -0.15) is 5.26 Å². The van der Waals surface area contributed by atoms with E-state index in [1.54, 1.807) is 48.5 Å². The number of imide groups is 1.